The summed E-state index contributed by atoms with van der Waals surface area (Å²) in [4.78, 5) is 6.28. The maximum Gasteiger partial charge on any atom is 0.119 e. The number of aliphatic hydroxyl groups excluding tert-OH is 1. The van der Waals surface area contributed by atoms with Crippen molar-refractivity contribution in [1.82, 2.24) is 9.88 Å². The number of hydrogen-bond donors (Lipinski definition) is 2. The molecule has 0 unspecified atom stereocenters. The summed E-state index contributed by atoms with van der Waals surface area (Å²) in [7, 11) is 1.72. The Bertz CT molecular complexity index is 777. The molecule has 4 heteroatoms. The summed E-state index contributed by atoms with van der Waals surface area (Å²) in [6, 6.07) is 6.75. The van der Waals surface area contributed by atoms with Crippen molar-refractivity contribution < 1.29 is 9.84 Å². The van der Waals surface area contributed by atoms with Gasteiger partial charge in [0.15, 0.2) is 0 Å². The van der Waals surface area contributed by atoms with Crippen molar-refractivity contribution in [2.45, 2.75) is 32.2 Å². The van der Waals surface area contributed by atoms with Gasteiger partial charge >= 0.3 is 0 Å². The van der Waals surface area contributed by atoms with Crippen LogP contribution in [0, 0.1) is 5.92 Å². The molecular weight excluding hydrogens is 300 g/mol. The molecule has 3 heterocycles. The average molecular weight is 326 g/mol. The number of allylic oxidation sites excluding steroid dienone is 1. The normalized spacial score (nSPS) is 25.7. The number of nitrogens with zero attached hydrogens (tertiary/aromatic N) is 1. The molecule has 0 spiro atoms. The average Bonchev–Trinajstić information content (AvgIpc) is 2.99. The minimum Gasteiger partial charge on any atom is -0.497 e. The van der Waals surface area contributed by atoms with Crippen LogP contribution in [0.5, 0.6) is 5.75 Å². The summed E-state index contributed by atoms with van der Waals surface area (Å²) in [6.45, 7) is 4.53. The maximum atomic E-state index is 9.43. The number of aliphatic hydroxyl groups is 1. The van der Waals surface area contributed by atoms with Crippen molar-refractivity contribution in [3.63, 3.8) is 0 Å². The maximum absolute atomic E-state index is 9.43. The first-order valence-corrected chi connectivity index (χ1v) is 8.93. The Morgan fingerprint density at radius 3 is 3.04 bits per heavy atom. The highest BCUT2D eigenvalue weighted by molar-refractivity contribution is 5.86. The van der Waals surface area contributed by atoms with Gasteiger partial charge in [0.25, 0.3) is 0 Å². The first kappa shape index (κ1) is 15.7. The molecule has 4 nitrogen and oxygen atoms in total. The van der Waals surface area contributed by atoms with Crippen molar-refractivity contribution in [3.8, 4) is 5.75 Å². The Morgan fingerprint density at radius 2 is 2.29 bits per heavy atom. The highest BCUT2D eigenvalue weighted by Crippen LogP contribution is 2.43. The molecule has 1 fully saturated rings. The Labute approximate surface area is 143 Å². The van der Waals surface area contributed by atoms with Crippen molar-refractivity contribution in [1.29, 1.82) is 0 Å². The smallest absolute Gasteiger partial charge is 0.119 e. The van der Waals surface area contributed by atoms with Gasteiger partial charge in [-0.05, 0) is 55.9 Å². The van der Waals surface area contributed by atoms with Gasteiger partial charge in [-0.3, -0.25) is 4.90 Å². The number of piperidine rings is 1. The standard InChI is InChI=1S/C20H26N2O2/c1-3-13-12-22-8-6-16-17-11-15(24-2)4-5-18(17)21-20(16)19(22)10-14(13)7-9-23/h3-5,11,14,19,21,23H,6-10,12H2,1-2H3/b13-3-/t14-,19-/m0/s1. The van der Waals surface area contributed by atoms with Gasteiger partial charge in [0.05, 0.1) is 13.2 Å². The van der Waals surface area contributed by atoms with Gasteiger partial charge in [-0.25, -0.2) is 0 Å². The third kappa shape index (κ3) is 2.45. The van der Waals surface area contributed by atoms with Gasteiger partial charge in [0, 0.05) is 36.3 Å². The van der Waals surface area contributed by atoms with Crippen molar-refractivity contribution in [2.75, 3.05) is 26.8 Å². The molecule has 2 atom stereocenters. The SMILES string of the molecule is C/C=C1/CN2CCc3c([nH]c4ccc(OC)cc34)[C@@H]2C[C@@H]1CCO. The van der Waals surface area contributed by atoms with Gasteiger partial charge in [0.1, 0.15) is 5.75 Å². The zero-order chi connectivity index (χ0) is 16.7. The summed E-state index contributed by atoms with van der Waals surface area (Å²) < 4.78 is 5.41. The van der Waals surface area contributed by atoms with E-state index in [1.807, 2.05) is 6.07 Å². The van der Waals surface area contributed by atoms with Gasteiger partial charge < -0.3 is 14.8 Å². The number of aromatic amines is 1. The van der Waals surface area contributed by atoms with Gasteiger partial charge in [0.2, 0.25) is 0 Å². The van der Waals surface area contributed by atoms with Crippen molar-refractivity contribution in [2.24, 2.45) is 5.92 Å². The van der Waals surface area contributed by atoms with Gasteiger partial charge in [-0.1, -0.05) is 11.6 Å². The zero-order valence-electron chi connectivity index (χ0n) is 14.5. The fraction of sp³-hybridized carbons (Fsp3) is 0.500. The number of fused-ring (bicyclic) bond motifs is 5. The van der Waals surface area contributed by atoms with Crippen LogP contribution in [0.15, 0.2) is 29.8 Å². The van der Waals surface area contributed by atoms with Gasteiger partial charge in [-0.15, -0.1) is 0 Å². The molecule has 0 radical (unpaired) electrons. The molecule has 0 amide bonds. The molecule has 2 aromatic rings. The highest BCUT2D eigenvalue weighted by Gasteiger charge is 2.37. The molecule has 0 bridgehead atoms. The minimum absolute atomic E-state index is 0.269. The predicted octanol–water partition coefficient (Wildman–Crippen LogP) is 3.42. The fourth-order valence-corrected chi connectivity index (χ4v) is 4.55. The van der Waals surface area contributed by atoms with E-state index in [1.165, 1.54) is 27.7 Å². The monoisotopic (exact) mass is 326 g/mol. The number of H-pyrrole nitrogens is 1. The van der Waals surface area contributed by atoms with Crippen LogP contribution < -0.4 is 4.74 Å². The number of hydrogen-bond acceptors (Lipinski definition) is 3. The Balaban J connectivity index is 1.74. The quantitative estimate of drug-likeness (QED) is 0.850. The Morgan fingerprint density at radius 1 is 1.42 bits per heavy atom. The topological polar surface area (TPSA) is 48.5 Å². The second-order valence-corrected chi connectivity index (χ2v) is 6.97. The molecule has 24 heavy (non-hydrogen) atoms. The van der Waals surface area contributed by atoms with Crippen molar-refractivity contribution >= 4 is 10.9 Å². The number of rotatable bonds is 3. The second kappa shape index (κ2) is 6.26. The first-order chi connectivity index (χ1) is 11.7. The Kier molecular flexibility index (Phi) is 4.10. The van der Waals surface area contributed by atoms with E-state index < -0.39 is 0 Å². The molecule has 1 saturated heterocycles. The molecule has 1 aromatic carbocycles. The minimum atomic E-state index is 0.269. The van der Waals surface area contributed by atoms with Gasteiger partial charge in [-0.2, -0.15) is 0 Å². The molecule has 4 rings (SSSR count). The molecule has 2 N–H and O–H groups in total. The van der Waals surface area contributed by atoms with E-state index in [2.05, 4.69) is 35.0 Å². The summed E-state index contributed by atoms with van der Waals surface area (Å²) in [5.74, 6) is 1.41. The summed E-state index contributed by atoms with van der Waals surface area (Å²) in [6.07, 6.45) is 5.30. The number of aromatic nitrogens is 1. The lowest BCUT2D eigenvalue weighted by atomic mass is 9.80. The van der Waals surface area contributed by atoms with E-state index >= 15 is 0 Å². The van der Waals surface area contributed by atoms with Crippen LogP contribution in [0.3, 0.4) is 0 Å². The third-order valence-corrected chi connectivity index (χ3v) is 5.84. The lowest BCUT2D eigenvalue weighted by Crippen LogP contribution is -2.42. The van der Waals surface area contributed by atoms with E-state index in [0.29, 0.717) is 12.0 Å². The summed E-state index contributed by atoms with van der Waals surface area (Å²) >= 11 is 0. The lowest BCUT2D eigenvalue weighted by molar-refractivity contribution is 0.126. The van der Waals surface area contributed by atoms with Crippen LogP contribution in [-0.2, 0) is 6.42 Å². The highest BCUT2D eigenvalue weighted by atomic mass is 16.5. The van der Waals surface area contributed by atoms with E-state index in [4.69, 9.17) is 4.74 Å². The van der Waals surface area contributed by atoms with E-state index in [0.717, 1.165) is 38.1 Å². The van der Waals surface area contributed by atoms with Crippen LogP contribution in [0.2, 0.25) is 0 Å². The molecule has 2 aliphatic rings. The van der Waals surface area contributed by atoms with Crippen LogP contribution >= 0.6 is 0 Å². The largest absolute Gasteiger partial charge is 0.497 e. The molecule has 0 aliphatic carbocycles. The molecule has 128 valence electrons. The van der Waals surface area contributed by atoms with E-state index in [-0.39, 0.29) is 6.61 Å². The number of benzene rings is 1. The molecular formula is C20H26N2O2. The second-order valence-electron chi connectivity index (χ2n) is 6.97. The van der Waals surface area contributed by atoms with Crippen LogP contribution in [0.25, 0.3) is 10.9 Å². The summed E-state index contributed by atoms with van der Waals surface area (Å²) in [5.41, 5.74) is 5.53. The fourth-order valence-electron chi connectivity index (χ4n) is 4.55. The number of nitrogens with one attached hydrogen (secondary N) is 1. The van der Waals surface area contributed by atoms with Crippen LogP contribution in [0.1, 0.15) is 37.1 Å². The molecule has 2 aliphatic heterocycles. The van der Waals surface area contributed by atoms with E-state index in [1.54, 1.807) is 7.11 Å². The first-order valence-electron chi connectivity index (χ1n) is 8.93. The number of methoxy groups -OCH3 is 1. The van der Waals surface area contributed by atoms with E-state index in [9.17, 15) is 5.11 Å². The molecule has 0 saturated carbocycles. The van der Waals surface area contributed by atoms with Crippen LogP contribution in [0.4, 0.5) is 0 Å². The third-order valence-electron chi connectivity index (χ3n) is 5.84. The lowest BCUT2D eigenvalue weighted by Gasteiger charge is -2.43. The summed E-state index contributed by atoms with van der Waals surface area (Å²) in [5, 5.41) is 10.7. The number of ether oxygens (including phenoxy) is 1. The van der Waals surface area contributed by atoms with Crippen molar-refractivity contribution in [3.05, 3.63) is 41.1 Å². The zero-order valence-corrected chi connectivity index (χ0v) is 14.5. The Hall–Kier alpha value is -1.78. The predicted molar refractivity (Wildman–Crippen MR) is 96.4 cm³/mol. The molecule has 1 aromatic heterocycles. The van der Waals surface area contributed by atoms with Crippen LogP contribution in [-0.4, -0.2) is 41.8 Å².